The Kier molecular flexibility index (Phi) is 3.77. The van der Waals surface area contributed by atoms with E-state index >= 15 is 0 Å². The van der Waals surface area contributed by atoms with Crippen LogP contribution in [0.4, 0.5) is 0 Å². The van der Waals surface area contributed by atoms with Crippen LogP contribution >= 0.6 is 0 Å². The first kappa shape index (κ1) is 17.0. The molecule has 5 rings (SSSR count). The number of benzene rings is 4. The van der Waals surface area contributed by atoms with Gasteiger partial charge in [0.05, 0.1) is 5.41 Å². The molecule has 4 aromatic rings. The van der Waals surface area contributed by atoms with Crippen LogP contribution < -0.4 is 0 Å². The first-order valence-corrected chi connectivity index (χ1v) is 9.98. The maximum Gasteiger partial charge on any atom is 0.0716 e. The molecule has 0 aliphatic heterocycles. The zero-order valence-corrected chi connectivity index (χ0v) is 16.7. The average Bonchev–Trinajstić information content (AvgIpc) is 3.06. The van der Waals surface area contributed by atoms with Crippen molar-refractivity contribution < 1.29 is 0 Å². The third kappa shape index (κ3) is 2.12. The molecular weight excluding hydrogens is 336 g/mol. The number of hydrogen-bond acceptors (Lipinski definition) is 0. The van der Waals surface area contributed by atoms with Gasteiger partial charge in [-0.25, -0.2) is 0 Å². The minimum Gasteiger partial charge on any atom is -0.0622 e. The van der Waals surface area contributed by atoms with Gasteiger partial charge in [0, 0.05) is 0 Å². The molecule has 0 unspecified atom stereocenters. The van der Waals surface area contributed by atoms with Crippen molar-refractivity contribution in [2.75, 3.05) is 0 Å². The number of aryl methyl sites for hydroxylation is 3. The van der Waals surface area contributed by atoms with Crippen LogP contribution in [0.2, 0.25) is 0 Å². The third-order valence-electron chi connectivity index (χ3n) is 6.34. The lowest BCUT2D eigenvalue weighted by molar-refractivity contribution is 0.761. The smallest absolute Gasteiger partial charge is 0.0622 e. The van der Waals surface area contributed by atoms with E-state index in [9.17, 15) is 0 Å². The van der Waals surface area contributed by atoms with Gasteiger partial charge in [0.15, 0.2) is 0 Å². The lowest BCUT2D eigenvalue weighted by Gasteiger charge is -2.35. The summed E-state index contributed by atoms with van der Waals surface area (Å²) in [5, 5.41) is 0. The van der Waals surface area contributed by atoms with Crippen LogP contribution in [0.3, 0.4) is 0 Å². The van der Waals surface area contributed by atoms with Gasteiger partial charge < -0.3 is 0 Å². The molecule has 0 heterocycles. The predicted octanol–water partition coefficient (Wildman–Crippen LogP) is 6.97. The highest BCUT2D eigenvalue weighted by atomic mass is 14.5. The molecule has 0 fully saturated rings. The largest absolute Gasteiger partial charge is 0.0716 e. The molecule has 28 heavy (non-hydrogen) atoms. The van der Waals surface area contributed by atoms with Gasteiger partial charge in [-0.1, -0.05) is 91.0 Å². The molecule has 0 bridgehead atoms. The quantitative estimate of drug-likeness (QED) is 0.319. The number of fused-ring (bicyclic) bond motifs is 3. The van der Waals surface area contributed by atoms with Crippen molar-refractivity contribution >= 4 is 0 Å². The van der Waals surface area contributed by atoms with Gasteiger partial charge in [-0.2, -0.15) is 0 Å². The Morgan fingerprint density at radius 3 is 1.61 bits per heavy atom. The standard InChI is InChI=1S/C28H24/c1-19-11-10-16-24-25(19)26-20(2)17-18-21(3)27(26)28(24,22-12-6-4-7-13-22)23-14-8-5-9-15-23/h4-18H,1-3H3. The first-order valence-electron chi connectivity index (χ1n) is 9.98. The second kappa shape index (κ2) is 6.21. The summed E-state index contributed by atoms with van der Waals surface area (Å²) < 4.78 is 0. The van der Waals surface area contributed by atoms with Crippen LogP contribution in [0.1, 0.15) is 38.9 Å². The van der Waals surface area contributed by atoms with Crippen molar-refractivity contribution in [2.45, 2.75) is 26.2 Å². The van der Waals surface area contributed by atoms with E-state index in [0.717, 1.165) is 0 Å². The molecule has 1 aliphatic carbocycles. The van der Waals surface area contributed by atoms with E-state index in [2.05, 4.69) is 112 Å². The molecule has 0 heteroatoms. The topological polar surface area (TPSA) is 0 Å². The second-order valence-electron chi connectivity index (χ2n) is 7.93. The summed E-state index contributed by atoms with van der Waals surface area (Å²) in [6.45, 7) is 6.76. The Balaban J connectivity index is 2.06. The Labute approximate surface area is 167 Å². The van der Waals surface area contributed by atoms with Crippen LogP contribution in [-0.4, -0.2) is 0 Å². The zero-order valence-electron chi connectivity index (χ0n) is 16.7. The molecule has 0 nitrogen and oxygen atoms in total. The van der Waals surface area contributed by atoms with Crippen molar-refractivity contribution in [1.82, 2.24) is 0 Å². The summed E-state index contributed by atoms with van der Waals surface area (Å²) in [5.74, 6) is 0. The van der Waals surface area contributed by atoms with Gasteiger partial charge >= 0.3 is 0 Å². The highest BCUT2D eigenvalue weighted by Crippen LogP contribution is 2.58. The highest BCUT2D eigenvalue weighted by Gasteiger charge is 2.47. The van der Waals surface area contributed by atoms with E-state index in [1.165, 1.54) is 50.1 Å². The van der Waals surface area contributed by atoms with Crippen molar-refractivity contribution in [1.29, 1.82) is 0 Å². The van der Waals surface area contributed by atoms with Gasteiger partial charge in [-0.15, -0.1) is 0 Å². The van der Waals surface area contributed by atoms with E-state index in [0.29, 0.717) is 0 Å². The molecule has 0 amide bonds. The minimum absolute atomic E-state index is 0.282. The third-order valence-corrected chi connectivity index (χ3v) is 6.34. The Morgan fingerprint density at radius 1 is 0.464 bits per heavy atom. The molecule has 0 saturated carbocycles. The van der Waals surface area contributed by atoms with Gasteiger partial charge in [0.2, 0.25) is 0 Å². The highest BCUT2D eigenvalue weighted by molar-refractivity contribution is 5.90. The fourth-order valence-corrected chi connectivity index (χ4v) is 5.21. The van der Waals surface area contributed by atoms with E-state index < -0.39 is 0 Å². The van der Waals surface area contributed by atoms with E-state index in [1.807, 2.05) is 0 Å². The van der Waals surface area contributed by atoms with Gasteiger partial charge in [0.25, 0.3) is 0 Å². The van der Waals surface area contributed by atoms with Crippen molar-refractivity contribution in [3.63, 3.8) is 0 Å². The summed E-state index contributed by atoms with van der Waals surface area (Å²) in [7, 11) is 0. The summed E-state index contributed by atoms with van der Waals surface area (Å²) in [6.07, 6.45) is 0. The molecule has 0 atom stereocenters. The lowest BCUT2D eigenvalue weighted by Crippen LogP contribution is -2.29. The Morgan fingerprint density at radius 2 is 1.00 bits per heavy atom. The van der Waals surface area contributed by atoms with Gasteiger partial charge in [-0.3, -0.25) is 0 Å². The zero-order chi connectivity index (χ0) is 19.3. The predicted molar refractivity (Wildman–Crippen MR) is 118 cm³/mol. The first-order chi connectivity index (χ1) is 13.7. The fraction of sp³-hybridized carbons (Fsp3) is 0.143. The van der Waals surface area contributed by atoms with Gasteiger partial charge in [0.1, 0.15) is 0 Å². The van der Waals surface area contributed by atoms with E-state index in [-0.39, 0.29) is 5.41 Å². The van der Waals surface area contributed by atoms with Crippen LogP contribution in [0, 0.1) is 20.8 Å². The summed E-state index contributed by atoms with van der Waals surface area (Å²) in [5.41, 5.74) is 12.1. The number of hydrogen-bond donors (Lipinski definition) is 0. The lowest BCUT2D eigenvalue weighted by atomic mass is 9.66. The fourth-order valence-electron chi connectivity index (χ4n) is 5.21. The van der Waals surface area contributed by atoms with Gasteiger partial charge in [-0.05, 0) is 70.8 Å². The molecule has 0 spiro atoms. The summed E-state index contributed by atoms with van der Waals surface area (Å²) in [6, 6.07) is 33.4. The molecule has 0 saturated heterocycles. The minimum atomic E-state index is -0.282. The molecule has 4 aromatic carbocycles. The SMILES string of the molecule is Cc1cccc2c1-c1c(C)ccc(C)c1C2(c1ccccc1)c1ccccc1. The molecule has 0 radical (unpaired) electrons. The second-order valence-corrected chi connectivity index (χ2v) is 7.93. The van der Waals surface area contributed by atoms with Crippen molar-refractivity contribution in [3.05, 3.63) is 130 Å². The van der Waals surface area contributed by atoms with Crippen LogP contribution in [0.15, 0.2) is 91.0 Å². The average molecular weight is 361 g/mol. The molecule has 0 aromatic heterocycles. The van der Waals surface area contributed by atoms with Crippen molar-refractivity contribution in [2.24, 2.45) is 0 Å². The number of rotatable bonds is 2. The normalized spacial score (nSPS) is 13.8. The molecular formula is C28H24. The van der Waals surface area contributed by atoms with Crippen LogP contribution in [0.25, 0.3) is 11.1 Å². The maximum atomic E-state index is 2.33. The maximum absolute atomic E-state index is 2.33. The monoisotopic (exact) mass is 360 g/mol. The van der Waals surface area contributed by atoms with Crippen LogP contribution in [-0.2, 0) is 5.41 Å². The van der Waals surface area contributed by atoms with E-state index in [1.54, 1.807) is 0 Å². The molecule has 0 N–H and O–H groups in total. The Hall–Kier alpha value is -3.12. The summed E-state index contributed by atoms with van der Waals surface area (Å²) in [4.78, 5) is 0. The molecule has 136 valence electrons. The van der Waals surface area contributed by atoms with Crippen LogP contribution in [0.5, 0.6) is 0 Å². The van der Waals surface area contributed by atoms with Crippen molar-refractivity contribution in [3.8, 4) is 11.1 Å². The summed E-state index contributed by atoms with van der Waals surface area (Å²) >= 11 is 0. The van der Waals surface area contributed by atoms with E-state index in [4.69, 9.17) is 0 Å². The molecule has 1 aliphatic rings. The Bertz CT molecular complexity index is 1130.